The minimum atomic E-state index is 0.360. The largest absolute Gasteiger partial charge is 0.380 e. The van der Waals surface area contributed by atoms with Crippen molar-refractivity contribution in [1.82, 2.24) is 10.3 Å². The van der Waals surface area contributed by atoms with Gasteiger partial charge in [0.2, 0.25) is 0 Å². The van der Waals surface area contributed by atoms with Crippen molar-refractivity contribution in [2.45, 2.75) is 37.8 Å². The van der Waals surface area contributed by atoms with Gasteiger partial charge >= 0.3 is 0 Å². The van der Waals surface area contributed by atoms with Gasteiger partial charge in [0, 0.05) is 25.5 Å². The monoisotopic (exact) mass is 238 g/mol. The van der Waals surface area contributed by atoms with Crippen molar-refractivity contribution in [3.05, 3.63) is 16.1 Å². The van der Waals surface area contributed by atoms with Gasteiger partial charge in [0.25, 0.3) is 0 Å². The Labute approximate surface area is 100 Å². The standard InChI is InChI=1S/C12H18N2OS/c1-15-9-5-10(13-6-9)11-7-16-12(14-11)4-8-2-3-8/h7-10,13H,2-6H2,1H3. The molecule has 0 bridgehead atoms. The van der Waals surface area contributed by atoms with Crippen molar-refractivity contribution < 1.29 is 4.74 Å². The molecule has 3 nitrogen and oxygen atoms in total. The van der Waals surface area contributed by atoms with E-state index in [1.165, 1.54) is 30.0 Å². The molecule has 2 fully saturated rings. The summed E-state index contributed by atoms with van der Waals surface area (Å²) in [6, 6.07) is 0.411. The molecule has 1 saturated carbocycles. The van der Waals surface area contributed by atoms with Gasteiger partial charge in [-0.05, 0) is 25.2 Å². The topological polar surface area (TPSA) is 34.1 Å². The molecule has 3 rings (SSSR count). The van der Waals surface area contributed by atoms with Gasteiger partial charge < -0.3 is 10.1 Å². The quantitative estimate of drug-likeness (QED) is 0.872. The van der Waals surface area contributed by atoms with Gasteiger partial charge in [-0.25, -0.2) is 4.98 Å². The highest BCUT2D eigenvalue weighted by Crippen LogP contribution is 2.34. The van der Waals surface area contributed by atoms with E-state index < -0.39 is 0 Å². The van der Waals surface area contributed by atoms with Crippen LogP contribution < -0.4 is 5.32 Å². The van der Waals surface area contributed by atoms with Crippen molar-refractivity contribution in [2.24, 2.45) is 5.92 Å². The first kappa shape index (κ1) is 10.7. The second-order valence-electron chi connectivity index (χ2n) is 4.87. The van der Waals surface area contributed by atoms with Crippen molar-refractivity contribution in [3.63, 3.8) is 0 Å². The fourth-order valence-electron chi connectivity index (χ4n) is 2.26. The van der Waals surface area contributed by atoms with Crippen LogP contribution in [0.3, 0.4) is 0 Å². The highest BCUT2D eigenvalue weighted by molar-refractivity contribution is 7.09. The molecular weight excluding hydrogens is 220 g/mol. The van der Waals surface area contributed by atoms with E-state index in [4.69, 9.17) is 9.72 Å². The maximum absolute atomic E-state index is 5.36. The zero-order chi connectivity index (χ0) is 11.0. The summed E-state index contributed by atoms with van der Waals surface area (Å²) in [5.41, 5.74) is 1.22. The van der Waals surface area contributed by atoms with Gasteiger partial charge in [0.1, 0.15) is 0 Å². The molecule has 0 spiro atoms. The number of ether oxygens (including phenoxy) is 1. The molecule has 1 aliphatic carbocycles. The van der Waals surface area contributed by atoms with Crippen molar-refractivity contribution in [1.29, 1.82) is 0 Å². The summed E-state index contributed by atoms with van der Waals surface area (Å²) in [5.74, 6) is 0.933. The molecule has 2 aliphatic rings. The number of methoxy groups -OCH3 is 1. The van der Waals surface area contributed by atoms with Crippen LogP contribution in [0.4, 0.5) is 0 Å². The Morgan fingerprint density at radius 3 is 3.12 bits per heavy atom. The maximum atomic E-state index is 5.36. The summed E-state index contributed by atoms with van der Waals surface area (Å²) < 4.78 is 5.36. The van der Waals surface area contributed by atoms with E-state index in [9.17, 15) is 0 Å². The average molecular weight is 238 g/mol. The third-order valence-electron chi connectivity index (χ3n) is 3.51. The van der Waals surface area contributed by atoms with E-state index in [-0.39, 0.29) is 0 Å². The number of aromatic nitrogens is 1. The average Bonchev–Trinajstić information content (AvgIpc) is 2.83. The molecule has 1 saturated heterocycles. The SMILES string of the molecule is COC1CNC(c2csc(CC3CC3)n2)C1. The van der Waals surface area contributed by atoms with E-state index in [1.54, 1.807) is 7.11 Å². The molecule has 1 aromatic heterocycles. The first-order chi connectivity index (χ1) is 7.85. The molecule has 2 atom stereocenters. The van der Waals surface area contributed by atoms with Crippen LogP contribution in [-0.4, -0.2) is 24.7 Å². The van der Waals surface area contributed by atoms with Crippen LogP contribution >= 0.6 is 11.3 Å². The molecule has 1 aromatic rings. The van der Waals surface area contributed by atoms with E-state index >= 15 is 0 Å². The fraction of sp³-hybridized carbons (Fsp3) is 0.750. The first-order valence-corrected chi connectivity index (χ1v) is 6.93. The zero-order valence-electron chi connectivity index (χ0n) is 9.61. The molecule has 0 radical (unpaired) electrons. The smallest absolute Gasteiger partial charge is 0.0931 e. The van der Waals surface area contributed by atoms with Gasteiger partial charge in [0.15, 0.2) is 0 Å². The predicted molar refractivity (Wildman–Crippen MR) is 64.7 cm³/mol. The maximum Gasteiger partial charge on any atom is 0.0931 e. The molecule has 4 heteroatoms. The highest BCUT2D eigenvalue weighted by atomic mass is 32.1. The Morgan fingerprint density at radius 2 is 2.44 bits per heavy atom. The number of hydrogen-bond acceptors (Lipinski definition) is 4. The van der Waals surface area contributed by atoms with Gasteiger partial charge in [-0.2, -0.15) is 0 Å². The summed E-state index contributed by atoms with van der Waals surface area (Å²) in [5, 5.41) is 7.01. The molecule has 16 heavy (non-hydrogen) atoms. The Hall–Kier alpha value is -0.450. The van der Waals surface area contributed by atoms with Crippen LogP contribution in [0.15, 0.2) is 5.38 Å². The third-order valence-corrected chi connectivity index (χ3v) is 4.40. The van der Waals surface area contributed by atoms with E-state index in [0.29, 0.717) is 12.1 Å². The summed E-state index contributed by atoms with van der Waals surface area (Å²) >= 11 is 1.82. The first-order valence-electron chi connectivity index (χ1n) is 6.05. The number of rotatable bonds is 4. The summed E-state index contributed by atoms with van der Waals surface area (Å²) in [6.45, 7) is 0.955. The fourth-order valence-corrected chi connectivity index (χ4v) is 3.22. The van der Waals surface area contributed by atoms with E-state index in [0.717, 1.165) is 18.9 Å². The number of hydrogen-bond donors (Lipinski definition) is 1. The second kappa shape index (κ2) is 4.43. The summed E-state index contributed by atoms with van der Waals surface area (Å²) in [7, 11) is 1.79. The van der Waals surface area contributed by atoms with Crippen molar-refractivity contribution in [3.8, 4) is 0 Å². The molecular formula is C12H18N2OS. The Bertz CT molecular complexity index is 362. The van der Waals surface area contributed by atoms with Crippen LogP contribution in [0.25, 0.3) is 0 Å². The lowest BCUT2D eigenvalue weighted by Crippen LogP contribution is -2.16. The van der Waals surface area contributed by atoms with Gasteiger partial charge in [-0.3, -0.25) is 0 Å². The van der Waals surface area contributed by atoms with Gasteiger partial charge in [0.05, 0.1) is 22.8 Å². The normalized spacial score (nSPS) is 29.8. The molecule has 2 unspecified atom stereocenters. The Balaban J connectivity index is 1.63. The molecule has 1 aliphatic heterocycles. The van der Waals surface area contributed by atoms with Gasteiger partial charge in [-0.1, -0.05) is 0 Å². The van der Waals surface area contributed by atoms with Crippen molar-refractivity contribution in [2.75, 3.05) is 13.7 Å². The van der Waals surface area contributed by atoms with E-state index in [2.05, 4.69) is 10.7 Å². The summed E-state index contributed by atoms with van der Waals surface area (Å²) in [4.78, 5) is 4.74. The lowest BCUT2D eigenvalue weighted by atomic mass is 10.1. The summed E-state index contributed by atoms with van der Waals surface area (Å²) in [6.07, 6.45) is 5.43. The second-order valence-corrected chi connectivity index (χ2v) is 5.81. The Morgan fingerprint density at radius 1 is 1.56 bits per heavy atom. The van der Waals surface area contributed by atoms with Crippen LogP contribution in [-0.2, 0) is 11.2 Å². The zero-order valence-corrected chi connectivity index (χ0v) is 10.4. The highest BCUT2D eigenvalue weighted by Gasteiger charge is 2.28. The minimum absolute atomic E-state index is 0.360. The van der Waals surface area contributed by atoms with Crippen LogP contribution in [0.2, 0.25) is 0 Å². The van der Waals surface area contributed by atoms with Crippen LogP contribution in [0, 0.1) is 5.92 Å². The molecule has 1 N–H and O–H groups in total. The Kier molecular flexibility index (Phi) is 2.96. The van der Waals surface area contributed by atoms with Gasteiger partial charge in [-0.15, -0.1) is 11.3 Å². The number of nitrogens with one attached hydrogen (secondary N) is 1. The molecule has 2 heterocycles. The lowest BCUT2D eigenvalue weighted by molar-refractivity contribution is 0.117. The van der Waals surface area contributed by atoms with Crippen LogP contribution in [0.1, 0.15) is 36.0 Å². The third kappa shape index (κ3) is 2.29. The van der Waals surface area contributed by atoms with Crippen molar-refractivity contribution >= 4 is 11.3 Å². The molecule has 0 aromatic carbocycles. The minimum Gasteiger partial charge on any atom is -0.380 e. The predicted octanol–water partition coefficient (Wildman–Crippen LogP) is 2.15. The molecule has 0 amide bonds. The number of nitrogens with zero attached hydrogens (tertiary/aromatic N) is 1. The van der Waals surface area contributed by atoms with E-state index in [1.807, 2.05) is 11.3 Å². The molecule has 88 valence electrons. The van der Waals surface area contributed by atoms with Crippen LogP contribution in [0.5, 0.6) is 0 Å². The lowest BCUT2D eigenvalue weighted by Gasteiger charge is -2.06. The number of thiazole rings is 1.